The van der Waals surface area contributed by atoms with Gasteiger partial charge in [-0.25, -0.2) is 9.97 Å². The molecule has 1 atom stereocenters. The average molecular weight is 248 g/mol. The van der Waals surface area contributed by atoms with E-state index in [-0.39, 0.29) is 5.92 Å². The molecule has 0 bridgehead atoms. The molecule has 0 saturated carbocycles. The van der Waals surface area contributed by atoms with E-state index in [0.29, 0.717) is 5.92 Å². The maximum absolute atomic E-state index is 5.79. The topological polar surface area (TPSA) is 52.1 Å². The minimum atomic E-state index is 0.199. The van der Waals surface area contributed by atoms with Gasteiger partial charge in [-0.05, 0) is 13.8 Å². The first-order valence-corrected chi connectivity index (χ1v) is 6.36. The van der Waals surface area contributed by atoms with Crippen molar-refractivity contribution in [3.8, 4) is 0 Å². The summed E-state index contributed by atoms with van der Waals surface area (Å²) in [5.41, 5.74) is 0.967. The van der Waals surface area contributed by atoms with Gasteiger partial charge < -0.3 is 8.83 Å². The van der Waals surface area contributed by atoms with Crippen LogP contribution in [0.15, 0.2) is 15.0 Å². The van der Waals surface area contributed by atoms with E-state index in [4.69, 9.17) is 8.83 Å². The molecule has 18 heavy (non-hydrogen) atoms. The van der Waals surface area contributed by atoms with Gasteiger partial charge in [0.25, 0.3) is 0 Å². The number of hydrogen-bond donors (Lipinski definition) is 0. The zero-order valence-electron chi connectivity index (χ0n) is 11.7. The Bertz CT molecular complexity index is 526. The van der Waals surface area contributed by atoms with Gasteiger partial charge in [-0.15, -0.1) is 0 Å². The van der Waals surface area contributed by atoms with Crippen LogP contribution in [0.25, 0.3) is 0 Å². The SMILES string of the molecule is Cc1cnc(C(C)Cc2oc(C(C)C)nc2C)o1. The summed E-state index contributed by atoms with van der Waals surface area (Å²) < 4.78 is 11.3. The largest absolute Gasteiger partial charge is 0.446 e. The molecule has 0 spiro atoms. The van der Waals surface area contributed by atoms with Crippen LogP contribution in [0.3, 0.4) is 0 Å². The lowest BCUT2D eigenvalue weighted by atomic mass is 10.1. The zero-order chi connectivity index (χ0) is 13.3. The van der Waals surface area contributed by atoms with Gasteiger partial charge in [-0.3, -0.25) is 0 Å². The number of rotatable bonds is 4. The zero-order valence-corrected chi connectivity index (χ0v) is 11.7. The molecule has 0 aliphatic carbocycles. The van der Waals surface area contributed by atoms with Crippen molar-refractivity contribution < 1.29 is 8.83 Å². The molecule has 2 rings (SSSR count). The van der Waals surface area contributed by atoms with Gasteiger partial charge in [0.2, 0.25) is 0 Å². The molecule has 2 heterocycles. The second-order valence-electron chi connectivity index (χ2n) is 5.13. The molecule has 98 valence electrons. The van der Waals surface area contributed by atoms with Gasteiger partial charge in [-0.2, -0.15) is 0 Å². The van der Waals surface area contributed by atoms with Crippen molar-refractivity contribution in [3.63, 3.8) is 0 Å². The first kappa shape index (κ1) is 12.9. The highest BCUT2D eigenvalue weighted by atomic mass is 16.4. The minimum absolute atomic E-state index is 0.199. The Morgan fingerprint density at radius 1 is 1.11 bits per heavy atom. The lowest BCUT2D eigenvalue weighted by molar-refractivity contribution is 0.397. The van der Waals surface area contributed by atoms with Crippen molar-refractivity contribution >= 4 is 0 Å². The van der Waals surface area contributed by atoms with Gasteiger partial charge >= 0.3 is 0 Å². The first-order valence-electron chi connectivity index (χ1n) is 6.36. The highest BCUT2D eigenvalue weighted by molar-refractivity contribution is 5.12. The molecular weight excluding hydrogens is 228 g/mol. The van der Waals surface area contributed by atoms with Gasteiger partial charge in [0.15, 0.2) is 11.8 Å². The van der Waals surface area contributed by atoms with E-state index >= 15 is 0 Å². The van der Waals surface area contributed by atoms with E-state index in [0.717, 1.165) is 35.4 Å². The second kappa shape index (κ2) is 4.96. The minimum Gasteiger partial charge on any atom is -0.446 e. The number of aryl methyl sites for hydroxylation is 2. The molecule has 1 unspecified atom stereocenters. The lowest BCUT2D eigenvalue weighted by Crippen LogP contribution is -1.99. The number of nitrogens with zero attached hydrogens (tertiary/aromatic N) is 2. The summed E-state index contributed by atoms with van der Waals surface area (Å²) in [6.07, 6.45) is 2.52. The standard InChI is InChI=1S/C14H20N2O2/c1-8(2)13-16-11(5)12(18-13)6-9(3)14-15-7-10(4)17-14/h7-9H,6H2,1-5H3. The third kappa shape index (κ3) is 2.63. The molecule has 0 aliphatic heterocycles. The van der Waals surface area contributed by atoms with Crippen LogP contribution in [-0.4, -0.2) is 9.97 Å². The summed E-state index contributed by atoms with van der Waals surface area (Å²) in [6.45, 7) is 10.1. The summed E-state index contributed by atoms with van der Waals surface area (Å²) in [6, 6.07) is 0. The van der Waals surface area contributed by atoms with Crippen LogP contribution in [0.5, 0.6) is 0 Å². The summed E-state index contributed by atoms with van der Waals surface area (Å²) in [5.74, 6) is 3.85. The summed E-state index contributed by atoms with van der Waals surface area (Å²) in [7, 11) is 0. The Kier molecular flexibility index (Phi) is 3.55. The van der Waals surface area contributed by atoms with Crippen molar-refractivity contribution in [2.24, 2.45) is 0 Å². The van der Waals surface area contributed by atoms with Crippen molar-refractivity contribution in [3.05, 3.63) is 35.2 Å². The monoisotopic (exact) mass is 248 g/mol. The normalized spacial score (nSPS) is 13.2. The van der Waals surface area contributed by atoms with Crippen LogP contribution in [0.1, 0.15) is 61.6 Å². The van der Waals surface area contributed by atoms with Crippen molar-refractivity contribution in [2.45, 2.75) is 52.9 Å². The predicted octanol–water partition coefficient (Wildman–Crippen LogP) is 3.75. The quantitative estimate of drug-likeness (QED) is 0.826. The van der Waals surface area contributed by atoms with E-state index < -0.39 is 0 Å². The highest BCUT2D eigenvalue weighted by Crippen LogP contribution is 2.24. The van der Waals surface area contributed by atoms with Crippen molar-refractivity contribution in [1.82, 2.24) is 9.97 Å². The molecule has 4 heteroatoms. The van der Waals surface area contributed by atoms with E-state index in [1.54, 1.807) is 6.20 Å². The Morgan fingerprint density at radius 3 is 2.33 bits per heavy atom. The van der Waals surface area contributed by atoms with Crippen LogP contribution in [0.2, 0.25) is 0 Å². The number of aromatic nitrogens is 2. The van der Waals surface area contributed by atoms with E-state index in [1.165, 1.54) is 0 Å². The molecule has 4 nitrogen and oxygen atoms in total. The maximum atomic E-state index is 5.79. The molecular formula is C14H20N2O2. The van der Waals surface area contributed by atoms with E-state index in [9.17, 15) is 0 Å². The fourth-order valence-electron chi connectivity index (χ4n) is 1.85. The Morgan fingerprint density at radius 2 is 1.83 bits per heavy atom. The van der Waals surface area contributed by atoms with Crippen LogP contribution in [-0.2, 0) is 6.42 Å². The summed E-state index contributed by atoms with van der Waals surface area (Å²) >= 11 is 0. The van der Waals surface area contributed by atoms with Crippen LogP contribution < -0.4 is 0 Å². The number of oxazole rings is 2. The first-order chi connectivity index (χ1) is 8.47. The van der Waals surface area contributed by atoms with Crippen LogP contribution >= 0.6 is 0 Å². The smallest absolute Gasteiger partial charge is 0.197 e. The molecule has 0 aromatic carbocycles. The third-order valence-electron chi connectivity index (χ3n) is 2.96. The molecule has 2 aromatic heterocycles. The molecule has 0 fully saturated rings. The van der Waals surface area contributed by atoms with Crippen molar-refractivity contribution in [1.29, 1.82) is 0 Å². The fourth-order valence-corrected chi connectivity index (χ4v) is 1.85. The maximum Gasteiger partial charge on any atom is 0.197 e. The summed E-state index contributed by atoms with van der Waals surface area (Å²) in [4.78, 5) is 8.70. The third-order valence-corrected chi connectivity index (χ3v) is 2.96. The Balaban J connectivity index is 2.14. The van der Waals surface area contributed by atoms with E-state index in [2.05, 4.69) is 30.7 Å². The number of hydrogen-bond acceptors (Lipinski definition) is 4. The van der Waals surface area contributed by atoms with Gasteiger partial charge in [0, 0.05) is 18.3 Å². The van der Waals surface area contributed by atoms with E-state index in [1.807, 2.05) is 13.8 Å². The molecule has 0 radical (unpaired) electrons. The summed E-state index contributed by atoms with van der Waals surface area (Å²) in [5, 5.41) is 0. The van der Waals surface area contributed by atoms with Crippen LogP contribution in [0, 0.1) is 13.8 Å². The van der Waals surface area contributed by atoms with Crippen molar-refractivity contribution in [2.75, 3.05) is 0 Å². The lowest BCUT2D eigenvalue weighted by Gasteiger charge is -2.05. The second-order valence-corrected chi connectivity index (χ2v) is 5.13. The molecule has 0 amide bonds. The van der Waals surface area contributed by atoms with Gasteiger partial charge in [-0.1, -0.05) is 20.8 Å². The van der Waals surface area contributed by atoms with Gasteiger partial charge in [0.05, 0.1) is 11.9 Å². The molecule has 0 saturated heterocycles. The highest BCUT2D eigenvalue weighted by Gasteiger charge is 2.18. The molecule has 2 aromatic rings. The fraction of sp³-hybridized carbons (Fsp3) is 0.571. The predicted molar refractivity (Wildman–Crippen MR) is 68.7 cm³/mol. The van der Waals surface area contributed by atoms with Gasteiger partial charge in [0.1, 0.15) is 11.5 Å². The Labute approximate surface area is 107 Å². The Hall–Kier alpha value is -1.58. The average Bonchev–Trinajstić information content (AvgIpc) is 2.86. The molecule has 0 aliphatic rings. The van der Waals surface area contributed by atoms with Crippen LogP contribution in [0.4, 0.5) is 0 Å². The molecule has 0 N–H and O–H groups in total.